The number of rotatable bonds is 4. The van der Waals surface area contributed by atoms with Gasteiger partial charge >= 0.3 is 0 Å². The van der Waals surface area contributed by atoms with E-state index in [1.54, 1.807) is 36.5 Å². The zero-order chi connectivity index (χ0) is 20.1. The van der Waals surface area contributed by atoms with Crippen LogP contribution in [0.25, 0.3) is 22.2 Å². The van der Waals surface area contributed by atoms with Crippen molar-refractivity contribution in [3.8, 4) is 17.3 Å². The molecule has 0 aliphatic carbocycles. The minimum atomic E-state index is -0.314. The maximum atomic E-state index is 12.8. The summed E-state index contributed by atoms with van der Waals surface area (Å²) in [5.74, 6) is -0.314. The van der Waals surface area contributed by atoms with Crippen molar-refractivity contribution in [3.63, 3.8) is 0 Å². The average molecular weight is 376 g/mol. The van der Waals surface area contributed by atoms with Gasteiger partial charge in [0.15, 0.2) is 0 Å². The molecule has 0 atom stereocenters. The van der Waals surface area contributed by atoms with Gasteiger partial charge in [-0.25, -0.2) is 10.4 Å². The average Bonchev–Trinajstić information content (AvgIpc) is 2.79. The molecule has 0 radical (unpaired) electrons. The first kappa shape index (κ1) is 18.1. The first-order chi connectivity index (χ1) is 14.2. The van der Waals surface area contributed by atoms with Crippen molar-refractivity contribution in [1.29, 1.82) is 5.26 Å². The molecule has 0 fully saturated rings. The third-order valence-corrected chi connectivity index (χ3v) is 4.45. The Labute approximate surface area is 168 Å². The highest BCUT2D eigenvalue weighted by Crippen LogP contribution is 2.24. The molecule has 138 valence electrons. The topological polar surface area (TPSA) is 78.1 Å². The molecular formula is C24H16N4O. The lowest BCUT2D eigenvalue weighted by Crippen LogP contribution is -2.18. The summed E-state index contributed by atoms with van der Waals surface area (Å²) in [4.78, 5) is 17.5. The van der Waals surface area contributed by atoms with Crippen LogP contribution in [0.4, 0.5) is 0 Å². The fourth-order valence-electron chi connectivity index (χ4n) is 2.99. The third-order valence-electron chi connectivity index (χ3n) is 4.45. The molecule has 5 heteroatoms. The number of carbonyl (C=O) groups is 1. The SMILES string of the molecule is N#Cc1ccc(/C=N\NC(=O)c2cc(-c3ccccc3)nc3ccccc23)cc1. The fraction of sp³-hybridized carbons (Fsp3) is 0. The van der Waals surface area contributed by atoms with Crippen LogP contribution in [0.15, 0.2) is 90.0 Å². The van der Waals surface area contributed by atoms with Gasteiger partial charge in [0.25, 0.3) is 5.91 Å². The van der Waals surface area contributed by atoms with E-state index in [2.05, 4.69) is 21.6 Å². The molecular weight excluding hydrogens is 360 g/mol. The Morgan fingerprint density at radius 1 is 0.966 bits per heavy atom. The molecule has 0 aliphatic rings. The molecule has 0 unspecified atom stereocenters. The Balaban J connectivity index is 1.64. The highest BCUT2D eigenvalue weighted by molar-refractivity contribution is 6.07. The molecule has 1 heterocycles. The smallest absolute Gasteiger partial charge is 0.267 e. The van der Waals surface area contributed by atoms with Crippen molar-refractivity contribution in [2.24, 2.45) is 5.10 Å². The Hall–Kier alpha value is -4.30. The number of nitriles is 1. The number of pyridine rings is 1. The van der Waals surface area contributed by atoms with E-state index in [0.717, 1.165) is 27.7 Å². The number of amides is 1. The minimum absolute atomic E-state index is 0.314. The minimum Gasteiger partial charge on any atom is -0.267 e. The standard InChI is InChI=1S/C24H16N4O/c25-15-17-10-12-18(13-11-17)16-26-28-24(29)21-14-23(19-6-2-1-3-7-19)27-22-9-5-4-8-20(21)22/h1-14,16H,(H,28,29)/b26-16-. The predicted molar refractivity (Wildman–Crippen MR) is 113 cm³/mol. The molecule has 0 spiro atoms. The number of benzene rings is 3. The van der Waals surface area contributed by atoms with Gasteiger partial charge in [-0.15, -0.1) is 0 Å². The van der Waals surface area contributed by atoms with E-state index in [1.165, 1.54) is 0 Å². The number of hydrazone groups is 1. The van der Waals surface area contributed by atoms with Crippen LogP contribution >= 0.6 is 0 Å². The number of nitrogens with one attached hydrogen (secondary N) is 1. The van der Waals surface area contributed by atoms with Crippen molar-refractivity contribution in [2.45, 2.75) is 0 Å². The van der Waals surface area contributed by atoms with Gasteiger partial charge in [-0.3, -0.25) is 4.79 Å². The quantitative estimate of drug-likeness (QED) is 0.420. The number of nitrogens with zero attached hydrogens (tertiary/aromatic N) is 3. The maximum absolute atomic E-state index is 12.8. The summed E-state index contributed by atoms with van der Waals surface area (Å²) in [6.07, 6.45) is 1.54. The second kappa shape index (κ2) is 8.15. The van der Waals surface area contributed by atoms with Crippen LogP contribution in [0, 0.1) is 11.3 Å². The van der Waals surface area contributed by atoms with E-state index >= 15 is 0 Å². The second-order valence-electron chi connectivity index (χ2n) is 6.37. The van der Waals surface area contributed by atoms with Crippen molar-refractivity contribution in [3.05, 3.63) is 102 Å². The third kappa shape index (κ3) is 4.02. The summed E-state index contributed by atoms with van der Waals surface area (Å²) in [6.45, 7) is 0. The number of fused-ring (bicyclic) bond motifs is 1. The van der Waals surface area contributed by atoms with Crippen LogP contribution in [0.1, 0.15) is 21.5 Å². The van der Waals surface area contributed by atoms with E-state index in [-0.39, 0.29) is 5.91 Å². The number of carbonyl (C=O) groups excluding carboxylic acids is 1. The highest BCUT2D eigenvalue weighted by atomic mass is 16.2. The number of aromatic nitrogens is 1. The molecule has 0 saturated heterocycles. The van der Waals surface area contributed by atoms with Gasteiger partial charge in [-0.05, 0) is 29.8 Å². The van der Waals surface area contributed by atoms with Crippen LogP contribution in [0.5, 0.6) is 0 Å². The molecule has 4 aromatic rings. The van der Waals surface area contributed by atoms with Crippen LogP contribution in [0.3, 0.4) is 0 Å². The molecule has 3 aromatic carbocycles. The zero-order valence-electron chi connectivity index (χ0n) is 15.4. The first-order valence-electron chi connectivity index (χ1n) is 9.03. The molecule has 1 N–H and O–H groups in total. The molecule has 4 rings (SSSR count). The van der Waals surface area contributed by atoms with Gasteiger partial charge in [0, 0.05) is 10.9 Å². The van der Waals surface area contributed by atoms with E-state index in [0.29, 0.717) is 11.1 Å². The van der Waals surface area contributed by atoms with Gasteiger partial charge in [0.1, 0.15) is 0 Å². The van der Waals surface area contributed by atoms with Gasteiger partial charge in [-0.1, -0.05) is 60.7 Å². The molecule has 1 aromatic heterocycles. The van der Waals surface area contributed by atoms with E-state index in [9.17, 15) is 4.79 Å². The van der Waals surface area contributed by atoms with Crippen molar-refractivity contribution >= 4 is 23.0 Å². The Bertz CT molecular complexity index is 1240. The lowest BCUT2D eigenvalue weighted by molar-refractivity contribution is 0.0956. The Morgan fingerprint density at radius 3 is 2.45 bits per heavy atom. The van der Waals surface area contributed by atoms with Gasteiger partial charge in [0.2, 0.25) is 0 Å². The lowest BCUT2D eigenvalue weighted by atomic mass is 10.0. The van der Waals surface area contributed by atoms with Crippen LogP contribution in [0.2, 0.25) is 0 Å². The van der Waals surface area contributed by atoms with Crippen LogP contribution in [-0.2, 0) is 0 Å². The summed E-state index contributed by atoms with van der Waals surface area (Å²) in [7, 11) is 0. The fourth-order valence-corrected chi connectivity index (χ4v) is 2.99. The molecule has 1 amide bonds. The molecule has 0 saturated carbocycles. The summed E-state index contributed by atoms with van der Waals surface area (Å²) >= 11 is 0. The maximum Gasteiger partial charge on any atom is 0.272 e. The lowest BCUT2D eigenvalue weighted by Gasteiger charge is -2.09. The van der Waals surface area contributed by atoms with E-state index < -0.39 is 0 Å². The van der Waals surface area contributed by atoms with Crippen molar-refractivity contribution < 1.29 is 4.79 Å². The van der Waals surface area contributed by atoms with Crippen molar-refractivity contribution in [1.82, 2.24) is 10.4 Å². The van der Waals surface area contributed by atoms with E-state index in [4.69, 9.17) is 5.26 Å². The Morgan fingerprint density at radius 2 is 1.69 bits per heavy atom. The number of para-hydroxylation sites is 1. The number of hydrogen-bond acceptors (Lipinski definition) is 4. The van der Waals surface area contributed by atoms with Crippen molar-refractivity contribution in [2.75, 3.05) is 0 Å². The van der Waals surface area contributed by atoms with Crippen LogP contribution < -0.4 is 5.43 Å². The largest absolute Gasteiger partial charge is 0.272 e. The van der Waals surface area contributed by atoms with E-state index in [1.807, 2.05) is 54.6 Å². The van der Waals surface area contributed by atoms with Gasteiger partial charge in [-0.2, -0.15) is 10.4 Å². The van der Waals surface area contributed by atoms with Gasteiger partial charge in [0.05, 0.1) is 34.6 Å². The summed E-state index contributed by atoms with van der Waals surface area (Å²) in [5, 5.41) is 13.7. The molecule has 0 aliphatic heterocycles. The molecule has 0 bridgehead atoms. The predicted octanol–water partition coefficient (Wildman–Crippen LogP) is 4.54. The monoisotopic (exact) mass is 376 g/mol. The second-order valence-corrected chi connectivity index (χ2v) is 6.37. The highest BCUT2D eigenvalue weighted by Gasteiger charge is 2.13. The summed E-state index contributed by atoms with van der Waals surface area (Å²) < 4.78 is 0. The summed E-state index contributed by atoms with van der Waals surface area (Å²) in [6, 6.07) is 28.1. The first-order valence-corrected chi connectivity index (χ1v) is 9.03. The molecule has 5 nitrogen and oxygen atoms in total. The zero-order valence-corrected chi connectivity index (χ0v) is 15.4. The number of hydrogen-bond donors (Lipinski definition) is 1. The molecule has 29 heavy (non-hydrogen) atoms. The normalized spacial score (nSPS) is 10.7. The summed E-state index contributed by atoms with van der Waals surface area (Å²) in [5.41, 5.74) is 6.86. The van der Waals surface area contributed by atoms with Gasteiger partial charge < -0.3 is 0 Å². The van der Waals surface area contributed by atoms with Crippen LogP contribution in [-0.4, -0.2) is 17.1 Å². The Kier molecular flexibility index (Phi) is 5.08.